The van der Waals surface area contributed by atoms with Gasteiger partial charge in [-0.3, -0.25) is 4.79 Å². The van der Waals surface area contributed by atoms with Gasteiger partial charge in [-0.05, 0) is 18.6 Å². The van der Waals surface area contributed by atoms with Crippen LogP contribution in [0.2, 0.25) is 0 Å². The lowest BCUT2D eigenvalue weighted by Gasteiger charge is -2.36. The van der Waals surface area contributed by atoms with E-state index in [1.807, 2.05) is 23.1 Å². The zero-order chi connectivity index (χ0) is 22.2. The fraction of sp³-hybridized carbons (Fsp3) is 0.741. The van der Waals surface area contributed by atoms with Crippen LogP contribution in [-0.4, -0.2) is 44.1 Å². The quantitative estimate of drug-likeness (QED) is 0.270. The van der Waals surface area contributed by atoms with Gasteiger partial charge in [0, 0.05) is 32.6 Å². The Hall–Kier alpha value is -1.71. The Kier molecular flexibility index (Phi) is 13.2. The van der Waals surface area contributed by atoms with Crippen LogP contribution < -0.4 is 9.64 Å². The maximum absolute atomic E-state index is 12.5. The summed E-state index contributed by atoms with van der Waals surface area (Å²) in [5.74, 6) is 1.25. The van der Waals surface area contributed by atoms with Crippen molar-refractivity contribution >= 4 is 11.6 Å². The van der Waals surface area contributed by atoms with E-state index < -0.39 is 0 Å². The number of methoxy groups -OCH3 is 1. The minimum absolute atomic E-state index is 0.336. The number of unbranched alkanes of at least 4 members (excludes halogenated alkanes) is 12. The van der Waals surface area contributed by atoms with E-state index in [9.17, 15) is 4.79 Å². The third-order valence-electron chi connectivity index (χ3n) is 6.55. The Morgan fingerprint density at radius 1 is 0.774 bits per heavy atom. The normalized spacial score (nSPS) is 14.1. The smallest absolute Gasteiger partial charge is 0.222 e. The van der Waals surface area contributed by atoms with Gasteiger partial charge in [-0.15, -0.1) is 0 Å². The minimum Gasteiger partial charge on any atom is -0.495 e. The van der Waals surface area contributed by atoms with Crippen molar-refractivity contribution in [3.05, 3.63) is 24.3 Å². The van der Waals surface area contributed by atoms with Crippen molar-refractivity contribution in [3.63, 3.8) is 0 Å². The third kappa shape index (κ3) is 9.97. The molecule has 1 amide bonds. The van der Waals surface area contributed by atoms with Gasteiger partial charge in [-0.1, -0.05) is 96.1 Å². The van der Waals surface area contributed by atoms with Crippen LogP contribution in [-0.2, 0) is 4.79 Å². The molecule has 1 heterocycles. The predicted molar refractivity (Wildman–Crippen MR) is 132 cm³/mol. The molecule has 31 heavy (non-hydrogen) atoms. The first-order valence-corrected chi connectivity index (χ1v) is 12.9. The largest absolute Gasteiger partial charge is 0.495 e. The molecule has 0 radical (unpaired) electrons. The first kappa shape index (κ1) is 25.5. The second-order valence-corrected chi connectivity index (χ2v) is 9.03. The van der Waals surface area contributed by atoms with E-state index in [4.69, 9.17) is 4.74 Å². The lowest BCUT2D eigenvalue weighted by atomic mass is 10.0. The number of rotatable bonds is 16. The van der Waals surface area contributed by atoms with Crippen LogP contribution >= 0.6 is 0 Å². The zero-order valence-electron chi connectivity index (χ0n) is 20.2. The molecule has 0 N–H and O–H groups in total. The van der Waals surface area contributed by atoms with Crippen molar-refractivity contribution in [3.8, 4) is 5.75 Å². The fourth-order valence-electron chi connectivity index (χ4n) is 4.54. The van der Waals surface area contributed by atoms with Gasteiger partial charge in [0.05, 0.1) is 12.8 Å². The maximum atomic E-state index is 12.5. The number of para-hydroxylation sites is 2. The topological polar surface area (TPSA) is 32.8 Å². The van der Waals surface area contributed by atoms with Crippen LogP contribution in [0, 0.1) is 0 Å². The Morgan fingerprint density at radius 2 is 1.29 bits per heavy atom. The maximum Gasteiger partial charge on any atom is 0.222 e. The number of nitrogens with zero attached hydrogens (tertiary/aromatic N) is 2. The van der Waals surface area contributed by atoms with E-state index in [1.54, 1.807) is 7.11 Å². The highest BCUT2D eigenvalue weighted by atomic mass is 16.5. The van der Waals surface area contributed by atoms with Crippen molar-refractivity contribution in [2.24, 2.45) is 0 Å². The van der Waals surface area contributed by atoms with Crippen LogP contribution in [0.15, 0.2) is 24.3 Å². The zero-order valence-corrected chi connectivity index (χ0v) is 20.2. The van der Waals surface area contributed by atoms with Crippen molar-refractivity contribution < 1.29 is 9.53 Å². The summed E-state index contributed by atoms with van der Waals surface area (Å²) in [5, 5.41) is 0. The van der Waals surface area contributed by atoms with E-state index >= 15 is 0 Å². The molecule has 1 aliphatic rings. The summed E-state index contributed by atoms with van der Waals surface area (Å²) in [6, 6.07) is 8.15. The van der Waals surface area contributed by atoms with Gasteiger partial charge in [0.15, 0.2) is 0 Å². The molecule has 1 saturated heterocycles. The number of piperazine rings is 1. The monoisotopic (exact) mass is 430 g/mol. The van der Waals surface area contributed by atoms with Crippen LogP contribution in [0.5, 0.6) is 5.75 Å². The molecule has 4 heteroatoms. The van der Waals surface area contributed by atoms with Crippen LogP contribution in [0.1, 0.15) is 96.8 Å². The first-order valence-electron chi connectivity index (χ1n) is 12.9. The molecule has 0 bridgehead atoms. The standard InChI is InChI=1S/C27H46N2O2/c1-3-4-5-6-7-8-9-10-11-12-13-14-15-20-27(30)29-23-21-28(22-24-29)25-18-16-17-19-26(25)31-2/h16-19H,3-15,20-24H2,1-2H3. The molecular formula is C27H46N2O2. The molecule has 0 atom stereocenters. The number of carbonyl (C=O) groups excluding carboxylic acids is 1. The molecular weight excluding hydrogens is 384 g/mol. The number of hydrogen-bond acceptors (Lipinski definition) is 3. The van der Waals surface area contributed by atoms with Crippen molar-refractivity contribution in [1.82, 2.24) is 4.90 Å². The van der Waals surface area contributed by atoms with Crippen molar-refractivity contribution in [2.75, 3.05) is 38.2 Å². The number of carbonyl (C=O) groups is 1. The van der Waals surface area contributed by atoms with Crippen molar-refractivity contribution in [2.45, 2.75) is 96.8 Å². The highest BCUT2D eigenvalue weighted by Gasteiger charge is 2.22. The van der Waals surface area contributed by atoms with Gasteiger partial charge in [0.2, 0.25) is 5.91 Å². The van der Waals surface area contributed by atoms with Crippen LogP contribution in [0.25, 0.3) is 0 Å². The third-order valence-corrected chi connectivity index (χ3v) is 6.55. The summed E-state index contributed by atoms with van der Waals surface area (Å²) in [6.07, 6.45) is 18.2. The van der Waals surface area contributed by atoms with Gasteiger partial charge < -0.3 is 14.5 Å². The number of anilines is 1. The van der Waals surface area contributed by atoms with Crippen molar-refractivity contribution in [1.29, 1.82) is 0 Å². The summed E-state index contributed by atoms with van der Waals surface area (Å²) < 4.78 is 5.48. The van der Waals surface area contributed by atoms with Gasteiger partial charge in [-0.2, -0.15) is 0 Å². The molecule has 1 aliphatic heterocycles. The van der Waals surface area contributed by atoms with Gasteiger partial charge >= 0.3 is 0 Å². The van der Waals surface area contributed by atoms with E-state index in [0.717, 1.165) is 44.0 Å². The average molecular weight is 431 g/mol. The summed E-state index contributed by atoms with van der Waals surface area (Å²) in [5.41, 5.74) is 1.13. The summed E-state index contributed by atoms with van der Waals surface area (Å²) in [7, 11) is 1.72. The summed E-state index contributed by atoms with van der Waals surface area (Å²) in [6.45, 7) is 5.67. The number of ether oxygens (including phenoxy) is 1. The lowest BCUT2D eigenvalue weighted by molar-refractivity contribution is -0.131. The molecule has 1 fully saturated rings. The Morgan fingerprint density at radius 3 is 1.84 bits per heavy atom. The molecule has 2 rings (SSSR count). The predicted octanol–water partition coefficient (Wildman–Crippen LogP) is 6.83. The Bertz CT molecular complexity index is 597. The van der Waals surface area contributed by atoms with E-state index in [-0.39, 0.29) is 0 Å². The molecule has 0 saturated carbocycles. The number of benzene rings is 1. The number of amides is 1. The molecule has 0 unspecified atom stereocenters. The molecule has 0 aliphatic carbocycles. The van der Waals surface area contributed by atoms with E-state index in [0.29, 0.717) is 12.3 Å². The van der Waals surface area contributed by atoms with E-state index in [1.165, 1.54) is 77.0 Å². The van der Waals surface area contributed by atoms with Gasteiger partial charge in [-0.25, -0.2) is 0 Å². The molecule has 0 spiro atoms. The minimum atomic E-state index is 0.336. The molecule has 0 aromatic heterocycles. The van der Waals surface area contributed by atoms with Gasteiger partial charge in [0.25, 0.3) is 0 Å². The van der Waals surface area contributed by atoms with Crippen LogP contribution in [0.3, 0.4) is 0 Å². The molecule has 176 valence electrons. The highest BCUT2D eigenvalue weighted by molar-refractivity contribution is 5.76. The summed E-state index contributed by atoms with van der Waals surface area (Å²) >= 11 is 0. The summed E-state index contributed by atoms with van der Waals surface area (Å²) in [4.78, 5) is 16.9. The average Bonchev–Trinajstić information content (AvgIpc) is 2.82. The molecule has 1 aromatic carbocycles. The second-order valence-electron chi connectivity index (χ2n) is 9.03. The SMILES string of the molecule is CCCCCCCCCCCCCCCC(=O)N1CCN(c2ccccc2OC)CC1. The first-order chi connectivity index (χ1) is 15.3. The Labute approximate surface area is 191 Å². The second kappa shape index (κ2) is 16.0. The highest BCUT2D eigenvalue weighted by Crippen LogP contribution is 2.28. The lowest BCUT2D eigenvalue weighted by Crippen LogP contribution is -2.48. The molecule has 1 aromatic rings. The Balaban J connectivity index is 1.46. The molecule has 4 nitrogen and oxygen atoms in total. The van der Waals surface area contributed by atoms with E-state index in [2.05, 4.69) is 17.9 Å². The number of hydrogen-bond donors (Lipinski definition) is 0. The van der Waals surface area contributed by atoms with Crippen LogP contribution in [0.4, 0.5) is 5.69 Å². The van der Waals surface area contributed by atoms with Gasteiger partial charge in [0.1, 0.15) is 5.75 Å². The fourth-order valence-corrected chi connectivity index (χ4v) is 4.54.